The van der Waals surface area contributed by atoms with Crippen LogP contribution < -0.4 is 5.32 Å². The molecule has 1 aromatic heterocycles. The molecule has 5 heteroatoms. The van der Waals surface area contributed by atoms with E-state index >= 15 is 0 Å². The first-order valence-electron chi connectivity index (χ1n) is 5.53. The third kappa shape index (κ3) is 2.41. The van der Waals surface area contributed by atoms with E-state index in [0.717, 1.165) is 12.8 Å². The lowest BCUT2D eigenvalue weighted by Gasteiger charge is -2.24. The maximum Gasteiger partial charge on any atom is 0.358 e. The molecule has 16 heavy (non-hydrogen) atoms. The van der Waals surface area contributed by atoms with Gasteiger partial charge >= 0.3 is 5.97 Å². The van der Waals surface area contributed by atoms with Crippen molar-refractivity contribution in [1.29, 1.82) is 0 Å². The summed E-state index contributed by atoms with van der Waals surface area (Å²) < 4.78 is 4.94. The number of hydrogen-bond donors (Lipinski definition) is 2. The average Bonchev–Trinajstić information content (AvgIpc) is 2.84. The van der Waals surface area contributed by atoms with E-state index < -0.39 is 5.97 Å². The number of nitrogens with one attached hydrogen (secondary N) is 1. The zero-order valence-electron chi connectivity index (χ0n) is 9.32. The van der Waals surface area contributed by atoms with Crippen LogP contribution in [0.2, 0.25) is 0 Å². The molecular weight excluding hydrogens is 208 g/mol. The maximum atomic E-state index is 10.6. The third-order valence-corrected chi connectivity index (χ3v) is 3.17. The molecule has 0 unspecified atom stereocenters. The van der Waals surface area contributed by atoms with Crippen LogP contribution in [-0.2, 0) is 6.54 Å². The smallest absolute Gasteiger partial charge is 0.358 e. The summed E-state index contributed by atoms with van der Waals surface area (Å²) >= 11 is 0. The molecule has 1 fully saturated rings. The van der Waals surface area contributed by atoms with Crippen molar-refractivity contribution in [2.75, 3.05) is 0 Å². The molecule has 0 aromatic carbocycles. The Hall–Kier alpha value is -1.36. The zero-order chi connectivity index (χ0) is 11.6. The number of carboxylic acid groups (broad SMARTS) is 1. The Labute approximate surface area is 93.8 Å². The first-order chi connectivity index (χ1) is 7.59. The van der Waals surface area contributed by atoms with Gasteiger partial charge in [-0.3, -0.25) is 0 Å². The van der Waals surface area contributed by atoms with Crippen LogP contribution in [0.3, 0.4) is 0 Å². The van der Waals surface area contributed by atoms with Crippen molar-refractivity contribution in [2.45, 2.75) is 44.7 Å². The lowest BCUT2D eigenvalue weighted by molar-refractivity contribution is 0.0685. The fourth-order valence-electron chi connectivity index (χ4n) is 2.13. The Morgan fingerprint density at radius 1 is 1.62 bits per heavy atom. The van der Waals surface area contributed by atoms with Gasteiger partial charge in [-0.25, -0.2) is 4.79 Å². The third-order valence-electron chi connectivity index (χ3n) is 3.17. The Morgan fingerprint density at radius 2 is 2.31 bits per heavy atom. The number of carbonyl (C=O) groups is 1. The predicted molar refractivity (Wildman–Crippen MR) is 57.2 cm³/mol. The van der Waals surface area contributed by atoms with Gasteiger partial charge in [0, 0.05) is 11.6 Å². The second kappa shape index (κ2) is 4.25. The van der Waals surface area contributed by atoms with Gasteiger partial charge in [-0.2, -0.15) is 0 Å². The largest absolute Gasteiger partial charge is 0.476 e. The molecule has 1 heterocycles. The van der Waals surface area contributed by atoms with Crippen molar-refractivity contribution in [2.24, 2.45) is 0 Å². The van der Waals surface area contributed by atoms with E-state index in [4.69, 9.17) is 9.63 Å². The molecule has 1 aliphatic rings. The quantitative estimate of drug-likeness (QED) is 0.815. The van der Waals surface area contributed by atoms with Crippen LogP contribution in [0.15, 0.2) is 10.6 Å². The molecule has 0 saturated heterocycles. The highest BCUT2D eigenvalue weighted by molar-refractivity contribution is 5.85. The lowest BCUT2D eigenvalue weighted by Crippen LogP contribution is -2.38. The molecule has 5 nitrogen and oxygen atoms in total. The predicted octanol–water partition coefficient (Wildman–Crippen LogP) is 1.80. The van der Waals surface area contributed by atoms with Crippen molar-refractivity contribution in [1.82, 2.24) is 10.5 Å². The molecule has 0 radical (unpaired) electrons. The van der Waals surface area contributed by atoms with Gasteiger partial charge < -0.3 is 14.9 Å². The Morgan fingerprint density at radius 3 is 2.88 bits per heavy atom. The number of carboxylic acids is 1. The van der Waals surface area contributed by atoms with Crippen LogP contribution in [0.25, 0.3) is 0 Å². The van der Waals surface area contributed by atoms with Gasteiger partial charge in [0.2, 0.25) is 0 Å². The van der Waals surface area contributed by atoms with E-state index in [0.29, 0.717) is 12.3 Å². The first-order valence-corrected chi connectivity index (χ1v) is 5.53. The highest BCUT2D eigenvalue weighted by Gasteiger charge is 2.28. The molecule has 0 bridgehead atoms. The molecule has 1 aromatic rings. The van der Waals surface area contributed by atoms with E-state index in [1.165, 1.54) is 18.9 Å². The molecule has 0 spiro atoms. The Kier molecular flexibility index (Phi) is 2.96. The SMILES string of the molecule is CC1(NCc2cc(C(=O)O)no2)CCCC1. The van der Waals surface area contributed by atoms with Gasteiger partial charge in [-0.1, -0.05) is 18.0 Å². The normalized spacial score (nSPS) is 18.8. The summed E-state index contributed by atoms with van der Waals surface area (Å²) in [7, 11) is 0. The average molecular weight is 224 g/mol. The molecule has 88 valence electrons. The topological polar surface area (TPSA) is 75.4 Å². The second-order valence-electron chi connectivity index (χ2n) is 4.60. The summed E-state index contributed by atoms with van der Waals surface area (Å²) in [5, 5.41) is 15.6. The van der Waals surface area contributed by atoms with Crippen molar-refractivity contribution in [3.05, 3.63) is 17.5 Å². The lowest BCUT2D eigenvalue weighted by atomic mass is 10.0. The summed E-state index contributed by atoms with van der Waals surface area (Å²) in [4.78, 5) is 10.6. The molecule has 2 N–H and O–H groups in total. The molecule has 1 saturated carbocycles. The molecule has 0 amide bonds. The van der Waals surface area contributed by atoms with Crippen molar-refractivity contribution in [3.8, 4) is 0 Å². The van der Waals surface area contributed by atoms with Crippen molar-refractivity contribution < 1.29 is 14.4 Å². The molecular formula is C11H16N2O3. The Balaban J connectivity index is 1.91. The number of hydrogen-bond acceptors (Lipinski definition) is 4. The van der Waals surface area contributed by atoms with Gasteiger partial charge in [0.1, 0.15) is 0 Å². The molecule has 0 aliphatic heterocycles. The van der Waals surface area contributed by atoms with Gasteiger partial charge in [0.05, 0.1) is 6.54 Å². The van der Waals surface area contributed by atoms with Crippen LogP contribution in [0, 0.1) is 0 Å². The summed E-state index contributed by atoms with van der Waals surface area (Å²) in [5.41, 5.74) is 0.129. The standard InChI is InChI=1S/C11H16N2O3/c1-11(4-2-3-5-11)12-7-8-6-9(10(14)15)13-16-8/h6,12H,2-5,7H2,1H3,(H,14,15). The number of aromatic carboxylic acids is 1. The van der Waals surface area contributed by atoms with Gasteiger partial charge in [-0.05, 0) is 19.8 Å². The number of aromatic nitrogens is 1. The fourth-order valence-corrected chi connectivity index (χ4v) is 2.13. The Bertz CT molecular complexity index is 380. The van der Waals surface area contributed by atoms with Gasteiger partial charge in [0.15, 0.2) is 11.5 Å². The minimum absolute atomic E-state index is 0.0339. The minimum Gasteiger partial charge on any atom is -0.476 e. The highest BCUT2D eigenvalue weighted by Crippen LogP contribution is 2.29. The van der Waals surface area contributed by atoms with Crippen LogP contribution in [0.4, 0.5) is 0 Å². The molecule has 0 atom stereocenters. The molecule has 2 rings (SSSR count). The van der Waals surface area contributed by atoms with Gasteiger partial charge in [0.25, 0.3) is 0 Å². The summed E-state index contributed by atoms with van der Waals surface area (Å²) in [5.74, 6) is -0.479. The molecule has 1 aliphatic carbocycles. The van der Waals surface area contributed by atoms with E-state index in [1.54, 1.807) is 0 Å². The maximum absolute atomic E-state index is 10.6. The van der Waals surface area contributed by atoms with E-state index in [2.05, 4.69) is 17.4 Å². The minimum atomic E-state index is -1.05. The van der Waals surface area contributed by atoms with E-state index in [1.807, 2.05) is 0 Å². The van der Waals surface area contributed by atoms with Crippen molar-refractivity contribution >= 4 is 5.97 Å². The second-order valence-corrected chi connectivity index (χ2v) is 4.60. The highest BCUT2D eigenvalue weighted by atomic mass is 16.5. The van der Waals surface area contributed by atoms with Crippen molar-refractivity contribution in [3.63, 3.8) is 0 Å². The monoisotopic (exact) mass is 224 g/mol. The number of nitrogens with zero attached hydrogens (tertiary/aromatic N) is 1. The summed E-state index contributed by atoms with van der Waals surface area (Å²) in [6, 6.07) is 1.47. The van der Waals surface area contributed by atoms with E-state index in [9.17, 15) is 4.79 Å². The van der Waals surface area contributed by atoms with Crippen LogP contribution in [-0.4, -0.2) is 21.8 Å². The summed E-state index contributed by atoms with van der Waals surface area (Å²) in [6.07, 6.45) is 4.82. The first kappa shape index (κ1) is 11.1. The van der Waals surface area contributed by atoms with Crippen LogP contribution >= 0.6 is 0 Å². The van der Waals surface area contributed by atoms with Crippen LogP contribution in [0.1, 0.15) is 48.9 Å². The number of rotatable bonds is 4. The fraction of sp³-hybridized carbons (Fsp3) is 0.636. The van der Waals surface area contributed by atoms with Gasteiger partial charge in [-0.15, -0.1) is 0 Å². The van der Waals surface area contributed by atoms with E-state index in [-0.39, 0.29) is 11.2 Å². The summed E-state index contributed by atoms with van der Waals surface area (Å²) in [6.45, 7) is 2.73. The zero-order valence-corrected chi connectivity index (χ0v) is 9.32. The van der Waals surface area contributed by atoms with Crippen LogP contribution in [0.5, 0.6) is 0 Å².